The second-order valence-corrected chi connectivity index (χ2v) is 4.30. The number of benzene rings is 1. The zero-order valence-electron chi connectivity index (χ0n) is 10.6. The van der Waals surface area contributed by atoms with Crippen molar-refractivity contribution in [1.29, 1.82) is 0 Å². The quantitative estimate of drug-likeness (QED) is 0.888. The van der Waals surface area contributed by atoms with E-state index in [-0.39, 0.29) is 11.3 Å². The molecule has 0 spiro atoms. The number of anilines is 1. The van der Waals surface area contributed by atoms with E-state index < -0.39 is 11.9 Å². The van der Waals surface area contributed by atoms with E-state index in [0.717, 1.165) is 11.1 Å². The summed E-state index contributed by atoms with van der Waals surface area (Å²) in [4.78, 5) is 22.9. The molecule has 0 bridgehead atoms. The molecule has 2 aromatic rings. The predicted molar refractivity (Wildman–Crippen MR) is 69.5 cm³/mol. The zero-order valence-corrected chi connectivity index (χ0v) is 10.6. The van der Waals surface area contributed by atoms with Gasteiger partial charge in [-0.15, -0.1) is 0 Å². The van der Waals surface area contributed by atoms with Gasteiger partial charge in [0.2, 0.25) is 5.76 Å². The molecule has 1 heterocycles. The largest absolute Gasteiger partial charge is 0.478 e. The molecule has 0 aliphatic heterocycles. The topological polar surface area (TPSA) is 79.5 Å². The molecule has 1 aromatic heterocycles. The van der Waals surface area contributed by atoms with Crippen molar-refractivity contribution in [1.82, 2.24) is 0 Å². The Kier molecular flexibility index (Phi) is 3.37. The number of amides is 1. The summed E-state index contributed by atoms with van der Waals surface area (Å²) < 4.78 is 4.93. The van der Waals surface area contributed by atoms with Gasteiger partial charge in [-0.2, -0.15) is 0 Å². The Morgan fingerprint density at radius 3 is 2.37 bits per heavy atom. The molecule has 0 saturated carbocycles. The molecule has 1 amide bonds. The molecule has 0 fully saturated rings. The molecular weight excluding hydrogens is 246 g/mol. The first-order chi connectivity index (χ1) is 8.97. The van der Waals surface area contributed by atoms with E-state index in [2.05, 4.69) is 5.32 Å². The van der Waals surface area contributed by atoms with Crippen LogP contribution in [0.5, 0.6) is 0 Å². The summed E-state index contributed by atoms with van der Waals surface area (Å²) in [5.74, 6) is -1.97. The van der Waals surface area contributed by atoms with E-state index >= 15 is 0 Å². The SMILES string of the molecule is Cc1cc(C)cc(NC(=O)c2occc2C(=O)O)c1. The molecule has 0 saturated heterocycles. The molecule has 0 atom stereocenters. The average molecular weight is 259 g/mol. The van der Waals surface area contributed by atoms with Crippen LogP contribution in [0.1, 0.15) is 32.0 Å². The fraction of sp³-hybridized carbons (Fsp3) is 0.143. The van der Waals surface area contributed by atoms with Crippen molar-refractivity contribution < 1.29 is 19.1 Å². The summed E-state index contributed by atoms with van der Waals surface area (Å²) in [6, 6.07) is 6.83. The van der Waals surface area contributed by atoms with E-state index in [1.54, 1.807) is 12.1 Å². The first kappa shape index (κ1) is 12.9. The van der Waals surface area contributed by atoms with Crippen molar-refractivity contribution in [2.75, 3.05) is 5.32 Å². The Morgan fingerprint density at radius 2 is 1.79 bits per heavy atom. The first-order valence-corrected chi connectivity index (χ1v) is 5.68. The van der Waals surface area contributed by atoms with Crippen LogP contribution in [0.25, 0.3) is 0 Å². The number of carbonyl (C=O) groups excluding carboxylic acids is 1. The number of carboxylic acids is 1. The first-order valence-electron chi connectivity index (χ1n) is 5.68. The van der Waals surface area contributed by atoms with Gasteiger partial charge in [-0.1, -0.05) is 6.07 Å². The van der Waals surface area contributed by atoms with Gasteiger partial charge in [0.25, 0.3) is 5.91 Å². The average Bonchev–Trinajstić information content (AvgIpc) is 2.75. The van der Waals surface area contributed by atoms with E-state index in [1.807, 2.05) is 19.9 Å². The van der Waals surface area contributed by atoms with Gasteiger partial charge >= 0.3 is 5.97 Å². The maximum Gasteiger partial charge on any atom is 0.339 e. The molecule has 0 unspecified atom stereocenters. The van der Waals surface area contributed by atoms with E-state index in [0.29, 0.717) is 5.69 Å². The van der Waals surface area contributed by atoms with Crippen LogP contribution in [0.15, 0.2) is 34.9 Å². The van der Waals surface area contributed by atoms with Crippen LogP contribution < -0.4 is 5.32 Å². The molecule has 5 nitrogen and oxygen atoms in total. The van der Waals surface area contributed by atoms with Crippen molar-refractivity contribution in [2.45, 2.75) is 13.8 Å². The Bertz CT molecular complexity index is 622. The van der Waals surface area contributed by atoms with Crippen LogP contribution in [-0.2, 0) is 0 Å². The Morgan fingerprint density at radius 1 is 1.16 bits per heavy atom. The summed E-state index contributed by atoms with van der Waals surface area (Å²) in [5.41, 5.74) is 2.47. The van der Waals surface area contributed by atoms with Gasteiger partial charge in [-0.05, 0) is 43.2 Å². The van der Waals surface area contributed by atoms with E-state index in [9.17, 15) is 9.59 Å². The summed E-state index contributed by atoms with van der Waals surface area (Å²) in [6.07, 6.45) is 1.18. The van der Waals surface area contributed by atoms with Crippen molar-refractivity contribution in [2.24, 2.45) is 0 Å². The number of hydrogen-bond donors (Lipinski definition) is 2. The van der Waals surface area contributed by atoms with Crippen molar-refractivity contribution >= 4 is 17.6 Å². The lowest BCUT2D eigenvalue weighted by Crippen LogP contribution is -2.14. The third-order valence-electron chi connectivity index (χ3n) is 2.58. The van der Waals surface area contributed by atoms with Gasteiger partial charge in [-0.25, -0.2) is 4.79 Å². The predicted octanol–water partition coefficient (Wildman–Crippen LogP) is 2.85. The Labute approximate surface area is 109 Å². The van der Waals surface area contributed by atoms with Gasteiger partial charge in [0.15, 0.2) is 0 Å². The van der Waals surface area contributed by atoms with Crippen molar-refractivity contribution in [3.8, 4) is 0 Å². The third-order valence-corrected chi connectivity index (χ3v) is 2.58. The normalized spacial score (nSPS) is 10.2. The van der Waals surface area contributed by atoms with Gasteiger partial charge in [-0.3, -0.25) is 4.79 Å². The number of aryl methyl sites for hydroxylation is 2. The van der Waals surface area contributed by atoms with Gasteiger partial charge in [0.05, 0.1) is 6.26 Å². The molecule has 2 N–H and O–H groups in total. The molecule has 1 aromatic carbocycles. The minimum Gasteiger partial charge on any atom is -0.478 e. The minimum absolute atomic E-state index is 0.151. The van der Waals surface area contributed by atoms with Crippen LogP contribution in [0, 0.1) is 13.8 Å². The van der Waals surface area contributed by atoms with Crippen LogP contribution in [0.2, 0.25) is 0 Å². The van der Waals surface area contributed by atoms with Gasteiger partial charge in [0, 0.05) is 5.69 Å². The van der Waals surface area contributed by atoms with Crippen LogP contribution in [0.4, 0.5) is 5.69 Å². The number of rotatable bonds is 3. The number of furan rings is 1. The maximum absolute atomic E-state index is 12.0. The lowest BCUT2D eigenvalue weighted by atomic mass is 10.1. The minimum atomic E-state index is -1.20. The molecule has 0 aliphatic carbocycles. The second kappa shape index (κ2) is 4.97. The van der Waals surface area contributed by atoms with E-state index in [4.69, 9.17) is 9.52 Å². The molecule has 19 heavy (non-hydrogen) atoms. The molecule has 2 rings (SSSR count). The summed E-state index contributed by atoms with van der Waals surface area (Å²) in [5, 5.41) is 11.5. The summed E-state index contributed by atoms with van der Waals surface area (Å²) >= 11 is 0. The fourth-order valence-electron chi connectivity index (χ4n) is 1.89. The number of carboxylic acid groups (broad SMARTS) is 1. The highest BCUT2D eigenvalue weighted by atomic mass is 16.4. The van der Waals surface area contributed by atoms with Crippen LogP contribution in [-0.4, -0.2) is 17.0 Å². The molecule has 0 aliphatic rings. The molecular formula is C14H13NO4. The van der Waals surface area contributed by atoms with Crippen molar-refractivity contribution in [3.63, 3.8) is 0 Å². The molecule has 5 heteroatoms. The Hall–Kier alpha value is -2.56. The van der Waals surface area contributed by atoms with Gasteiger partial charge < -0.3 is 14.8 Å². The summed E-state index contributed by atoms with van der Waals surface area (Å²) in [6.45, 7) is 3.83. The third kappa shape index (κ3) is 2.82. The number of aromatic carboxylic acids is 1. The zero-order chi connectivity index (χ0) is 14.0. The standard InChI is InChI=1S/C14H13NO4/c1-8-5-9(2)7-10(6-8)15-13(16)12-11(14(17)18)3-4-19-12/h3-7H,1-2H3,(H,15,16)(H,17,18). The Balaban J connectivity index is 2.25. The highest BCUT2D eigenvalue weighted by molar-refractivity contribution is 6.08. The lowest BCUT2D eigenvalue weighted by molar-refractivity contribution is 0.0690. The highest BCUT2D eigenvalue weighted by Gasteiger charge is 2.20. The number of nitrogens with one attached hydrogen (secondary N) is 1. The second-order valence-electron chi connectivity index (χ2n) is 4.30. The number of hydrogen-bond acceptors (Lipinski definition) is 3. The summed E-state index contributed by atoms with van der Waals surface area (Å²) in [7, 11) is 0. The lowest BCUT2D eigenvalue weighted by Gasteiger charge is -2.06. The van der Waals surface area contributed by atoms with Crippen LogP contribution in [0.3, 0.4) is 0 Å². The van der Waals surface area contributed by atoms with Crippen LogP contribution >= 0.6 is 0 Å². The molecule has 0 radical (unpaired) electrons. The molecule has 98 valence electrons. The fourth-order valence-corrected chi connectivity index (χ4v) is 1.89. The smallest absolute Gasteiger partial charge is 0.339 e. The maximum atomic E-state index is 12.0. The highest BCUT2D eigenvalue weighted by Crippen LogP contribution is 2.17. The van der Waals surface area contributed by atoms with E-state index in [1.165, 1.54) is 12.3 Å². The van der Waals surface area contributed by atoms with Gasteiger partial charge in [0.1, 0.15) is 5.56 Å². The van der Waals surface area contributed by atoms with Crippen molar-refractivity contribution in [3.05, 3.63) is 53.0 Å². The number of carbonyl (C=O) groups is 2. The monoisotopic (exact) mass is 259 g/mol.